The van der Waals surface area contributed by atoms with Crippen molar-refractivity contribution in [3.8, 4) is 11.1 Å². The molecule has 0 unspecified atom stereocenters. The van der Waals surface area contributed by atoms with Crippen molar-refractivity contribution in [1.82, 2.24) is 15.1 Å². The van der Waals surface area contributed by atoms with E-state index in [0.29, 0.717) is 6.42 Å². The molecule has 182 valence electrons. The van der Waals surface area contributed by atoms with E-state index in [4.69, 9.17) is 4.74 Å². The number of anilines is 1. The van der Waals surface area contributed by atoms with E-state index in [9.17, 15) is 19.5 Å². The van der Waals surface area contributed by atoms with E-state index < -0.39 is 24.0 Å². The van der Waals surface area contributed by atoms with Crippen LogP contribution in [0.3, 0.4) is 0 Å². The highest BCUT2D eigenvalue weighted by Crippen LogP contribution is 2.44. The minimum atomic E-state index is -1.13. The van der Waals surface area contributed by atoms with Gasteiger partial charge in [-0.05, 0) is 28.2 Å². The largest absolute Gasteiger partial charge is 0.480 e. The Kier molecular flexibility index (Phi) is 6.86. The topological polar surface area (TPSA) is 123 Å². The average molecular weight is 477 g/mol. The Labute approximate surface area is 203 Å². The number of aliphatic carboxylic acids is 1. The lowest BCUT2D eigenvalue weighted by Crippen LogP contribution is -2.45. The van der Waals surface area contributed by atoms with E-state index in [-0.39, 0.29) is 29.8 Å². The number of amides is 2. The number of benzene rings is 2. The van der Waals surface area contributed by atoms with Crippen molar-refractivity contribution >= 4 is 23.7 Å². The third-order valence-electron chi connectivity index (χ3n) is 6.39. The second-order valence-corrected chi connectivity index (χ2v) is 8.69. The maximum Gasteiger partial charge on any atom is 0.411 e. The van der Waals surface area contributed by atoms with Gasteiger partial charge >= 0.3 is 12.1 Å². The molecular formula is C26H28N4O5. The summed E-state index contributed by atoms with van der Waals surface area (Å²) in [5.74, 6) is -2.20. The highest BCUT2D eigenvalue weighted by molar-refractivity contribution is 6.02. The number of carbonyl (C=O) groups is 3. The lowest BCUT2D eigenvalue weighted by atomic mass is 9.98. The number of aromatic nitrogens is 2. The molecule has 0 spiro atoms. The van der Waals surface area contributed by atoms with Crippen molar-refractivity contribution < 1.29 is 24.2 Å². The maximum atomic E-state index is 12.8. The number of ether oxygens (including phenoxy) is 1. The van der Waals surface area contributed by atoms with Gasteiger partial charge in [-0.15, -0.1) is 0 Å². The first-order valence-corrected chi connectivity index (χ1v) is 11.5. The number of nitrogens with one attached hydrogen (secondary N) is 2. The standard InChI is InChI=1S/C26H28N4O5/c1-4-15(2)22(25(32)33)28-24(31)23-21(13-30(3)29-23)27-26(34)35-14-20-18-11-7-5-9-16(18)17-10-6-8-12-19(17)20/h5-13,15,20,22H,4,14H2,1-3H3,(H,27,34)(H,28,31)(H,32,33)/t15-,22-/m0/s1. The zero-order chi connectivity index (χ0) is 25.1. The SMILES string of the molecule is CC[C@H](C)[C@H](NC(=O)c1nn(C)cc1NC(=O)OCC1c2ccccc2-c2ccccc21)C(=O)O. The minimum Gasteiger partial charge on any atom is -0.480 e. The molecule has 2 atom stereocenters. The first-order valence-electron chi connectivity index (χ1n) is 11.5. The molecule has 2 amide bonds. The molecule has 1 aliphatic carbocycles. The Bertz CT molecular complexity index is 1220. The van der Waals surface area contributed by atoms with Crippen LogP contribution < -0.4 is 10.6 Å². The summed E-state index contributed by atoms with van der Waals surface area (Å²) in [4.78, 5) is 37.1. The summed E-state index contributed by atoms with van der Waals surface area (Å²) in [5.41, 5.74) is 4.47. The van der Waals surface area contributed by atoms with Crippen molar-refractivity contribution in [2.75, 3.05) is 11.9 Å². The Morgan fingerprint density at radius 1 is 1.09 bits per heavy atom. The molecule has 0 bridgehead atoms. The van der Waals surface area contributed by atoms with Crippen molar-refractivity contribution in [1.29, 1.82) is 0 Å². The molecule has 4 rings (SSSR count). The molecule has 0 fully saturated rings. The number of hydrogen-bond donors (Lipinski definition) is 3. The van der Waals surface area contributed by atoms with Crippen LogP contribution in [0, 0.1) is 5.92 Å². The summed E-state index contributed by atoms with van der Waals surface area (Å²) in [6.45, 7) is 3.71. The highest BCUT2D eigenvalue weighted by Gasteiger charge is 2.30. The molecule has 9 nitrogen and oxygen atoms in total. The fourth-order valence-electron chi connectivity index (χ4n) is 4.38. The first kappa shape index (κ1) is 24.0. The third kappa shape index (κ3) is 4.89. The zero-order valence-electron chi connectivity index (χ0n) is 19.8. The predicted molar refractivity (Wildman–Crippen MR) is 130 cm³/mol. The zero-order valence-corrected chi connectivity index (χ0v) is 19.8. The van der Waals surface area contributed by atoms with Gasteiger partial charge in [0.05, 0.1) is 5.69 Å². The van der Waals surface area contributed by atoms with E-state index in [1.807, 2.05) is 43.3 Å². The van der Waals surface area contributed by atoms with E-state index in [0.717, 1.165) is 22.3 Å². The summed E-state index contributed by atoms with van der Waals surface area (Å²) in [5, 5.41) is 18.7. The number of aryl methyl sites for hydroxylation is 1. The summed E-state index contributed by atoms with van der Waals surface area (Å²) in [6, 6.07) is 15.0. The summed E-state index contributed by atoms with van der Waals surface area (Å²) < 4.78 is 6.92. The summed E-state index contributed by atoms with van der Waals surface area (Å²) >= 11 is 0. The lowest BCUT2D eigenvalue weighted by molar-refractivity contribution is -0.140. The molecule has 3 N–H and O–H groups in total. The average Bonchev–Trinajstić information content (AvgIpc) is 3.37. The highest BCUT2D eigenvalue weighted by atomic mass is 16.5. The van der Waals surface area contributed by atoms with Crippen molar-refractivity contribution in [2.45, 2.75) is 32.2 Å². The Morgan fingerprint density at radius 2 is 1.69 bits per heavy atom. The van der Waals surface area contributed by atoms with Crippen LogP contribution in [0.5, 0.6) is 0 Å². The third-order valence-corrected chi connectivity index (χ3v) is 6.39. The molecule has 1 heterocycles. The molecule has 9 heteroatoms. The second kappa shape index (κ2) is 10.0. The van der Waals surface area contributed by atoms with Crippen molar-refractivity contribution in [3.05, 3.63) is 71.5 Å². The molecule has 0 radical (unpaired) electrons. The molecule has 1 aliphatic rings. The fourth-order valence-corrected chi connectivity index (χ4v) is 4.38. The van der Waals surface area contributed by atoms with Crippen LogP contribution in [0.2, 0.25) is 0 Å². The monoisotopic (exact) mass is 476 g/mol. The van der Waals surface area contributed by atoms with Gasteiger partial charge < -0.3 is 15.2 Å². The van der Waals surface area contributed by atoms with Crippen LogP contribution in [-0.4, -0.2) is 45.5 Å². The van der Waals surface area contributed by atoms with E-state index in [2.05, 4.69) is 27.9 Å². The van der Waals surface area contributed by atoms with E-state index in [1.165, 1.54) is 10.9 Å². The Morgan fingerprint density at radius 3 is 2.26 bits per heavy atom. The van der Waals surface area contributed by atoms with Crippen LogP contribution in [-0.2, 0) is 16.6 Å². The Balaban J connectivity index is 1.45. The van der Waals surface area contributed by atoms with Gasteiger partial charge in [0.1, 0.15) is 12.6 Å². The maximum absolute atomic E-state index is 12.8. The molecule has 0 saturated heterocycles. The molecular weight excluding hydrogens is 448 g/mol. The smallest absolute Gasteiger partial charge is 0.411 e. The van der Waals surface area contributed by atoms with Crippen molar-refractivity contribution in [2.24, 2.45) is 13.0 Å². The molecule has 2 aromatic carbocycles. The molecule has 1 aromatic heterocycles. The van der Waals surface area contributed by atoms with Gasteiger partial charge in [0, 0.05) is 19.2 Å². The first-order chi connectivity index (χ1) is 16.8. The van der Waals surface area contributed by atoms with Gasteiger partial charge in [-0.25, -0.2) is 9.59 Å². The van der Waals surface area contributed by atoms with Crippen molar-refractivity contribution in [3.63, 3.8) is 0 Å². The molecule has 0 saturated carbocycles. The van der Waals surface area contributed by atoms with Crippen LogP contribution in [0.4, 0.5) is 10.5 Å². The quantitative estimate of drug-likeness (QED) is 0.452. The normalized spacial score (nSPS) is 13.9. The van der Waals surface area contributed by atoms with Gasteiger partial charge in [0.2, 0.25) is 0 Å². The molecule has 35 heavy (non-hydrogen) atoms. The fraction of sp³-hybridized carbons (Fsp3) is 0.308. The van der Waals surface area contributed by atoms with Crippen LogP contribution in [0.15, 0.2) is 54.7 Å². The number of carboxylic acids is 1. The van der Waals surface area contributed by atoms with Gasteiger partial charge in [0.25, 0.3) is 5.91 Å². The minimum absolute atomic E-state index is 0.0874. The number of carboxylic acid groups (broad SMARTS) is 1. The van der Waals surface area contributed by atoms with E-state index >= 15 is 0 Å². The van der Waals surface area contributed by atoms with Crippen LogP contribution in [0.25, 0.3) is 11.1 Å². The summed E-state index contributed by atoms with van der Waals surface area (Å²) in [7, 11) is 1.60. The van der Waals surface area contributed by atoms with Crippen LogP contribution in [0.1, 0.15) is 47.8 Å². The van der Waals surface area contributed by atoms with Gasteiger partial charge in [-0.3, -0.25) is 14.8 Å². The molecule has 3 aromatic rings. The number of fused-ring (bicyclic) bond motifs is 3. The van der Waals surface area contributed by atoms with Gasteiger partial charge in [-0.2, -0.15) is 5.10 Å². The van der Waals surface area contributed by atoms with Gasteiger partial charge in [-0.1, -0.05) is 68.8 Å². The lowest BCUT2D eigenvalue weighted by Gasteiger charge is -2.19. The number of rotatable bonds is 8. The summed E-state index contributed by atoms with van der Waals surface area (Å²) in [6.07, 6.45) is 1.31. The molecule has 0 aliphatic heterocycles. The van der Waals surface area contributed by atoms with E-state index in [1.54, 1.807) is 14.0 Å². The second-order valence-electron chi connectivity index (χ2n) is 8.69. The van der Waals surface area contributed by atoms with Gasteiger partial charge in [0.15, 0.2) is 5.69 Å². The number of hydrogen-bond acceptors (Lipinski definition) is 5. The number of nitrogens with zero attached hydrogens (tertiary/aromatic N) is 2. The van der Waals surface area contributed by atoms with Crippen LogP contribution >= 0.6 is 0 Å². The number of carbonyl (C=O) groups excluding carboxylic acids is 2. The Hall–Kier alpha value is -4.14. The predicted octanol–water partition coefficient (Wildman–Crippen LogP) is 4.01.